The molecule has 1 aliphatic heterocycles. The Balaban J connectivity index is 1.84. The van der Waals surface area contributed by atoms with Crippen LogP contribution in [0.5, 0.6) is 11.5 Å². The Labute approximate surface area is 146 Å². The molecule has 3 heteroatoms. The Bertz CT molecular complexity index is 917. The third kappa shape index (κ3) is 2.78. The molecule has 1 atom stereocenters. The summed E-state index contributed by atoms with van der Waals surface area (Å²) in [5.41, 5.74) is 1.48. The van der Waals surface area contributed by atoms with Crippen molar-refractivity contribution in [3.05, 3.63) is 95.6 Å². The van der Waals surface area contributed by atoms with Gasteiger partial charge < -0.3 is 9.84 Å². The van der Waals surface area contributed by atoms with Crippen LogP contribution in [0.1, 0.15) is 27.9 Å². The van der Waals surface area contributed by atoms with Crippen molar-refractivity contribution in [2.45, 2.75) is 18.4 Å². The van der Waals surface area contributed by atoms with Crippen molar-refractivity contribution in [3.8, 4) is 11.5 Å². The number of rotatable bonds is 3. The first kappa shape index (κ1) is 15.5. The molecule has 0 radical (unpaired) electrons. The molecule has 0 saturated carbocycles. The van der Waals surface area contributed by atoms with Gasteiger partial charge in [0, 0.05) is 6.42 Å². The van der Waals surface area contributed by atoms with E-state index >= 15 is 0 Å². The summed E-state index contributed by atoms with van der Waals surface area (Å²) in [6, 6.07) is 24.3. The first-order valence-corrected chi connectivity index (χ1v) is 8.32. The van der Waals surface area contributed by atoms with Crippen molar-refractivity contribution < 1.29 is 14.6 Å². The SMILES string of the molecule is O=C1CC(Cc2ccccc2O)(c2ccccc2)Oc2ccccc21. The summed E-state index contributed by atoms with van der Waals surface area (Å²) in [7, 11) is 0. The molecule has 3 aromatic rings. The third-order valence-corrected chi connectivity index (χ3v) is 4.71. The summed E-state index contributed by atoms with van der Waals surface area (Å²) in [5, 5.41) is 10.2. The minimum Gasteiger partial charge on any atom is -0.508 e. The monoisotopic (exact) mass is 330 g/mol. The number of carbonyl (C=O) groups is 1. The van der Waals surface area contributed by atoms with Crippen molar-refractivity contribution in [1.82, 2.24) is 0 Å². The highest BCUT2D eigenvalue weighted by Gasteiger charge is 2.42. The molecule has 4 rings (SSSR count). The summed E-state index contributed by atoms with van der Waals surface area (Å²) in [5.74, 6) is 0.867. The first-order valence-electron chi connectivity index (χ1n) is 8.32. The maximum Gasteiger partial charge on any atom is 0.170 e. The number of phenolic OH excluding ortho intramolecular Hbond substituents is 1. The Hall–Kier alpha value is -3.07. The van der Waals surface area contributed by atoms with Crippen molar-refractivity contribution >= 4 is 5.78 Å². The second-order valence-corrected chi connectivity index (χ2v) is 6.36. The Morgan fingerprint density at radius 2 is 1.56 bits per heavy atom. The fourth-order valence-electron chi connectivity index (χ4n) is 3.46. The van der Waals surface area contributed by atoms with Crippen molar-refractivity contribution in [1.29, 1.82) is 0 Å². The van der Waals surface area contributed by atoms with Gasteiger partial charge in [0.05, 0.1) is 12.0 Å². The standard InChI is InChI=1S/C22H18O3/c23-19-12-6-4-8-16(19)14-22(17-9-2-1-3-10-17)15-20(24)18-11-5-7-13-21(18)25-22/h1-13,23H,14-15H2. The second-order valence-electron chi connectivity index (χ2n) is 6.36. The number of fused-ring (bicyclic) bond motifs is 1. The highest BCUT2D eigenvalue weighted by atomic mass is 16.5. The molecule has 0 aliphatic carbocycles. The van der Waals surface area contributed by atoms with Gasteiger partial charge in [0.1, 0.15) is 17.1 Å². The topological polar surface area (TPSA) is 46.5 Å². The van der Waals surface area contributed by atoms with Crippen molar-refractivity contribution in [3.63, 3.8) is 0 Å². The van der Waals surface area contributed by atoms with Crippen molar-refractivity contribution in [2.75, 3.05) is 0 Å². The number of ether oxygens (including phenoxy) is 1. The molecule has 1 unspecified atom stereocenters. The van der Waals surface area contributed by atoms with Crippen LogP contribution >= 0.6 is 0 Å². The lowest BCUT2D eigenvalue weighted by Crippen LogP contribution is -2.41. The molecule has 1 heterocycles. The lowest BCUT2D eigenvalue weighted by Gasteiger charge is -2.38. The number of carbonyl (C=O) groups excluding carboxylic acids is 1. The summed E-state index contributed by atoms with van der Waals surface area (Å²) in [6.45, 7) is 0. The van der Waals surface area contributed by atoms with E-state index in [1.165, 1.54) is 0 Å². The Kier molecular flexibility index (Phi) is 3.77. The molecule has 1 N–H and O–H groups in total. The smallest absolute Gasteiger partial charge is 0.170 e. The molecule has 1 aliphatic rings. The van der Waals surface area contributed by atoms with E-state index in [1.54, 1.807) is 18.2 Å². The van der Waals surface area contributed by atoms with E-state index in [1.807, 2.05) is 60.7 Å². The van der Waals surface area contributed by atoms with E-state index in [0.717, 1.165) is 11.1 Å². The highest BCUT2D eigenvalue weighted by molar-refractivity contribution is 6.00. The van der Waals surface area contributed by atoms with E-state index in [4.69, 9.17) is 4.74 Å². The predicted octanol–water partition coefficient (Wildman–Crippen LogP) is 4.50. The number of Topliss-reactive ketones (excluding diaryl/α,β-unsaturated/α-hetero) is 1. The molecular weight excluding hydrogens is 312 g/mol. The third-order valence-electron chi connectivity index (χ3n) is 4.71. The largest absolute Gasteiger partial charge is 0.508 e. The molecule has 0 bridgehead atoms. The predicted molar refractivity (Wildman–Crippen MR) is 95.9 cm³/mol. The van der Waals surface area contributed by atoms with Gasteiger partial charge in [-0.25, -0.2) is 0 Å². The van der Waals surface area contributed by atoms with Crippen LogP contribution in [0.3, 0.4) is 0 Å². The lowest BCUT2D eigenvalue weighted by molar-refractivity contribution is 0.0376. The zero-order valence-electron chi connectivity index (χ0n) is 13.7. The van der Waals surface area contributed by atoms with E-state index in [0.29, 0.717) is 17.7 Å². The number of hydrogen-bond donors (Lipinski definition) is 1. The zero-order chi connectivity index (χ0) is 17.3. The molecule has 25 heavy (non-hydrogen) atoms. The molecule has 3 nitrogen and oxygen atoms in total. The van der Waals surface area contributed by atoms with Crippen LogP contribution in [0.2, 0.25) is 0 Å². The van der Waals surface area contributed by atoms with Crippen LogP contribution in [0.25, 0.3) is 0 Å². The Morgan fingerprint density at radius 3 is 2.36 bits per heavy atom. The number of hydrogen-bond acceptors (Lipinski definition) is 3. The fraction of sp³-hybridized carbons (Fsp3) is 0.136. The van der Waals surface area contributed by atoms with Crippen LogP contribution < -0.4 is 4.74 Å². The van der Waals surface area contributed by atoms with Gasteiger partial charge in [0.15, 0.2) is 5.78 Å². The van der Waals surface area contributed by atoms with Gasteiger partial charge in [-0.05, 0) is 29.3 Å². The lowest BCUT2D eigenvalue weighted by atomic mass is 9.79. The molecule has 0 fully saturated rings. The van der Waals surface area contributed by atoms with Gasteiger partial charge in [0.2, 0.25) is 0 Å². The van der Waals surface area contributed by atoms with Gasteiger partial charge >= 0.3 is 0 Å². The van der Waals surface area contributed by atoms with E-state index in [-0.39, 0.29) is 18.0 Å². The number of aromatic hydroxyl groups is 1. The molecular formula is C22H18O3. The second kappa shape index (κ2) is 6.10. The zero-order valence-corrected chi connectivity index (χ0v) is 13.7. The molecule has 124 valence electrons. The summed E-state index contributed by atoms with van der Waals surface area (Å²) in [6.07, 6.45) is 0.659. The summed E-state index contributed by atoms with van der Waals surface area (Å²) >= 11 is 0. The summed E-state index contributed by atoms with van der Waals surface area (Å²) < 4.78 is 6.40. The molecule has 0 spiro atoms. The minimum atomic E-state index is -0.828. The van der Waals surface area contributed by atoms with Gasteiger partial charge in [0.25, 0.3) is 0 Å². The van der Waals surface area contributed by atoms with Crippen LogP contribution in [-0.4, -0.2) is 10.9 Å². The Morgan fingerprint density at radius 1 is 0.880 bits per heavy atom. The molecule has 3 aromatic carbocycles. The van der Waals surface area contributed by atoms with Crippen molar-refractivity contribution in [2.24, 2.45) is 0 Å². The van der Waals surface area contributed by atoms with E-state index in [2.05, 4.69) is 0 Å². The van der Waals surface area contributed by atoms with Crippen LogP contribution in [0.15, 0.2) is 78.9 Å². The average molecular weight is 330 g/mol. The van der Waals surface area contributed by atoms with Gasteiger partial charge in [-0.2, -0.15) is 0 Å². The number of ketones is 1. The maximum atomic E-state index is 12.8. The van der Waals surface area contributed by atoms with Crippen LogP contribution in [0, 0.1) is 0 Å². The average Bonchev–Trinajstić information content (AvgIpc) is 2.64. The minimum absolute atomic E-state index is 0.0566. The normalized spacial score (nSPS) is 19.1. The molecule has 0 aromatic heterocycles. The maximum absolute atomic E-state index is 12.8. The van der Waals surface area contributed by atoms with Gasteiger partial charge in [-0.15, -0.1) is 0 Å². The van der Waals surface area contributed by atoms with Gasteiger partial charge in [-0.3, -0.25) is 4.79 Å². The number of benzene rings is 3. The number of phenols is 1. The van der Waals surface area contributed by atoms with Gasteiger partial charge in [-0.1, -0.05) is 60.7 Å². The summed E-state index contributed by atoms with van der Waals surface area (Å²) in [4.78, 5) is 12.8. The fourth-order valence-corrected chi connectivity index (χ4v) is 3.46. The molecule has 0 saturated heterocycles. The quantitative estimate of drug-likeness (QED) is 0.769. The highest BCUT2D eigenvalue weighted by Crippen LogP contribution is 2.42. The number of para-hydroxylation sites is 2. The van der Waals surface area contributed by atoms with Crippen LogP contribution in [-0.2, 0) is 12.0 Å². The molecule has 0 amide bonds. The van der Waals surface area contributed by atoms with E-state index < -0.39 is 5.60 Å². The van der Waals surface area contributed by atoms with Crippen LogP contribution in [0.4, 0.5) is 0 Å². The van der Waals surface area contributed by atoms with E-state index in [9.17, 15) is 9.90 Å². The first-order chi connectivity index (χ1) is 12.2.